The first-order valence-electron chi connectivity index (χ1n) is 31.8. The van der Waals surface area contributed by atoms with E-state index in [0.717, 1.165) is 38.5 Å². The summed E-state index contributed by atoms with van der Waals surface area (Å²) in [6.07, 6.45) is 63.6. The number of nitrogens with zero attached hydrogens (tertiary/aromatic N) is 1. The van der Waals surface area contributed by atoms with E-state index in [0.29, 0.717) is 17.4 Å². The number of unbranched alkanes of at least 4 members (excludes halogenated alkanes) is 46. The second kappa shape index (κ2) is 54.8. The Bertz CT molecular complexity index is 1180. The SMILES string of the molecule is CCCCCCCCCCCCCCCCCCCCCCCCCCCCCCCCCCCCCCC(=O)OC(COC(=O)CCCCCCCCCCCCCC)COP(=O)(O)OCC[N+](C)(C)C. The summed E-state index contributed by atoms with van der Waals surface area (Å²) in [6, 6.07) is 0. The Morgan fingerprint density at radius 1 is 0.375 bits per heavy atom. The summed E-state index contributed by atoms with van der Waals surface area (Å²) in [5.74, 6) is -0.776. The molecule has 0 spiro atoms. The van der Waals surface area contributed by atoms with Crippen molar-refractivity contribution in [2.24, 2.45) is 0 Å². The van der Waals surface area contributed by atoms with E-state index >= 15 is 0 Å². The number of hydrogen-bond acceptors (Lipinski definition) is 7. The highest BCUT2D eigenvalue weighted by Gasteiger charge is 2.27. The Morgan fingerprint density at radius 3 is 0.889 bits per heavy atom. The summed E-state index contributed by atoms with van der Waals surface area (Å²) in [4.78, 5) is 35.6. The lowest BCUT2D eigenvalue weighted by Crippen LogP contribution is -2.37. The Hall–Kier alpha value is -0.990. The van der Waals surface area contributed by atoms with Gasteiger partial charge in [-0.05, 0) is 12.8 Å². The molecule has 0 saturated carbocycles. The standard InChI is InChI=1S/C62H124NO8P/c1-6-8-10-12-14-16-18-20-21-22-23-24-25-26-27-28-29-30-31-32-33-34-35-36-37-38-39-40-41-42-43-45-47-49-51-53-55-62(65)71-60(59-70-72(66,67)69-57-56-63(3,4)5)58-68-61(64)54-52-50-48-46-44-19-17-15-13-11-9-7-2/h60H,6-59H2,1-5H3/p+1. The normalized spacial score (nSPS) is 13.1. The molecule has 2 unspecified atom stereocenters. The predicted octanol–water partition coefficient (Wildman–Crippen LogP) is 19.8. The van der Waals surface area contributed by atoms with E-state index in [1.165, 1.54) is 270 Å². The number of esters is 2. The molecule has 0 aliphatic rings. The molecule has 2 atom stereocenters. The molecule has 0 aliphatic heterocycles. The largest absolute Gasteiger partial charge is 0.472 e. The van der Waals surface area contributed by atoms with Crippen LogP contribution >= 0.6 is 7.82 Å². The third kappa shape index (κ3) is 58.3. The first kappa shape index (κ1) is 71.0. The van der Waals surface area contributed by atoms with Crippen LogP contribution in [0.1, 0.15) is 335 Å². The molecule has 0 fully saturated rings. The first-order valence-corrected chi connectivity index (χ1v) is 33.3. The average molecular weight is 1040 g/mol. The van der Waals surface area contributed by atoms with Crippen molar-refractivity contribution in [2.75, 3.05) is 47.5 Å². The number of phosphoric acid groups is 1. The summed E-state index contributed by atoms with van der Waals surface area (Å²) in [6.45, 7) is 4.49. The molecule has 0 aromatic heterocycles. The van der Waals surface area contributed by atoms with Crippen molar-refractivity contribution in [3.8, 4) is 0 Å². The van der Waals surface area contributed by atoms with Crippen molar-refractivity contribution in [1.29, 1.82) is 0 Å². The maximum atomic E-state index is 12.8. The van der Waals surface area contributed by atoms with Crippen molar-refractivity contribution < 1.29 is 42.1 Å². The van der Waals surface area contributed by atoms with Gasteiger partial charge in [-0.1, -0.05) is 309 Å². The van der Waals surface area contributed by atoms with Crippen LogP contribution in [0.2, 0.25) is 0 Å². The monoisotopic (exact) mass is 1040 g/mol. The van der Waals surface area contributed by atoms with Crippen molar-refractivity contribution in [2.45, 2.75) is 341 Å². The molecular formula is C62H125NO8P+. The molecule has 0 aromatic carbocycles. The highest BCUT2D eigenvalue weighted by atomic mass is 31.2. The number of ether oxygens (including phenoxy) is 2. The molecule has 0 saturated heterocycles. The van der Waals surface area contributed by atoms with Gasteiger partial charge in [-0.15, -0.1) is 0 Å². The van der Waals surface area contributed by atoms with Gasteiger partial charge in [-0.3, -0.25) is 18.6 Å². The van der Waals surface area contributed by atoms with Gasteiger partial charge in [-0.2, -0.15) is 0 Å². The van der Waals surface area contributed by atoms with Gasteiger partial charge in [0.1, 0.15) is 19.8 Å². The van der Waals surface area contributed by atoms with Crippen LogP contribution in [0.25, 0.3) is 0 Å². The zero-order valence-corrected chi connectivity index (χ0v) is 49.9. The molecule has 0 aliphatic carbocycles. The second-order valence-electron chi connectivity index (χ2n) is 23.2. The van der Waals surface area contributed by atoms with E-state index in [4.69, 9.17) is 18.5 Å². The summed E-state index contributed by atoms with van der Waals surface area (Å²) >= 11 is 0. The molecule has 430 valence electrons. The molecular weight excluding hydrogens is 918 g/mol. The average Bonchev–Trinajstić information content (AvgIpc) is 3.34. The smallest absolute Gasteiger partial charge is 0.462 e. The molecule has 0 aromatic rings. The Kier molecular flexibility index (Phi) is 54.0. The number of carbonyl (C=O) groups is 2. The van der Waals surface area contributed by atoms with Crippen LogP contribution in [0.5, 0.6) is 0 Å². The molecule has 10 heteroatoms. The second-order valence-corrected chi connectivity index (χ2v) is 24.6. The number of carbonyl (C=O) groups excluding carboxylic acids is 2. The third-order valence-electron chi connectivity index (χ3n) is 14.6. The molecule has 0 rings (SSSR count). The van der Waals surface area contributed by atoms with Gasteiger partial charge in [0.25, 0.3) is 0 Å². The molecule has 9 nitrogen and oxygen atoms in total. The molecule has 1 N–H and O–H groups in total. The summed E-state index contributed by atoms with van der Waals surface area (Å²) in [5.41, 5.74) is 0. The van der Waals surface area contributed by atoms with Gasteiger partial charge >= 0.3 is 19.8 Å². The number of likely N-dealkylation sites (N-methyl/N-ethyl adjacent to an activating group) is 1. The van der Waals surface area contributed by atoms with E-state index in [-0.39, 0.29) is 25.6 Å². The topological polar surface area (TPSA) is 108 Å². The minimum absolute atomic E-state index is 0.0372. The van der Waals surface area contributed by atoms with E-state index in [9.17, 15) is 19.0 Å². The van der Waals surface area contributed by atoms with Crippen LogP contribution < -0.4 is 0 Å². The first-order chi connectivity index (χ1) is 35.0. The van der Waals surface area contributed by atoms with Crippen LogP contribution in [-0.2, 0) is 32.7 Å². The summed E-state index contributed by atoms with van der Waals surface area (Å²) < 4.78 is 34.5. The fraction of sp³-hybridized carbons (Fsp3) is 0.968. The van der Waals surface area contributed by atoms with Gasteiger partial charge in [0.05, 0.1) is 27.7 Å². The fourth-order valence-electron chi connectivity index (χ4n) is 9.73. The van der Waals surface area contributed by atoms with Crippen LogP contribution in [0.3, 0.4) is 0 Å². The van der Waals surface area contributed by atoms with E-state index < -0.39 is 26.5 Å². The number of phosphoric ester groups is 1. The minimum atomic E-state index is -4.37. The predicted molar refractivity (Wildman–Crippen MR) is 308 cm³/mol. The third-order valence-corrected chi connectivity index (χ3v) is 15.6. The maximum Gasteiger partial charge on any atom is 0.472 e. The molecule has 0 heterocycles. The molecule has 0 radical (unpaired) electrons. The van der Waals surface area contributed by atoms with E-state index in [2.05, 4.69) is 13.8 Å². The Labute approximate surface area is 448 Å². The Balaban J connectivity index is 3.85. The van der Waals surface area contributed by atoms with Crippen LogP contribution in [0, 0.1) is 0 Å². The van der Waals surface area contributed by atoms with E-state index in [1.807, 2.05) is 21.1 Å². The van der Waals surface area contributed by atoms with Crippen molar-refractivity contribution in [3.05, 3.63) is 0 Å². The molecule has 0 amide bonds. The lowest BCUT2D eigenvalue weighted by molar-refractivity contribution is -0.870. The van der Waals surface area contributed by atoms with E-state index in [1.54, 1.807) is 0 Å². The van der Waals surface area contributed by atoms with Gasteiger partial charge in [-0.25, -0.2) is 4.57 Å². The Morgan fingerprint density at radius 2 is 0.625 bits per heavy atom. The zero-order valence-electron chi connectivity index (χ0n) is 49.0. The highest BCUT2D eigenvalue weighted by molar-refractivity contribution is 7.47. The minimum Gasteiger partial charge on any atom is -0.462 e. The van der Waals surface area contributed by atoms with Crippen molar-refractivity contribution in [3.63, 3.8) is 0 Å². The van der Waals surface area contributed by atoms with Crippen molar-refractivity contribution in [1.82, 2.24) is 0 Å². The lowest BCUT2D eigenvalue weighted by atomic mass is 10.0. The zero-order chi connectivity index (χ0) is 52.7. The lowest BCUT2D eigenvalue weighted by Gasteiger charge is -2.24. The fourth-order valence-corrected chi connectivity index (χ4v) is 10.5. The maximum absolute atomic E-state index is 12.8. The van der Waals surface area contributed by atoms with Crippen LogP contribution in [-0.4, -0.2) is 74.9 Å². The number of hydrogen-bond donors (Lipinski definition) is 1. The quantitative estimate of drug-likeness (QED) is 0.0278. The van der Waals surface area contributed by atoms with Crippen LogP contribution in [0.15, 0.2) is 0 Å². The van der Waals surface area contributed by atoms with Gasteiger partial charge in [0, 0.05) is 12.8 Å². The van der Waals surface area contributed by atoms with Gasteiger partial charge in [0.15, 0.2) is 6.10 Å². The summed E-state index contributed by atoms with van der Waals surface area (Å²) in [7, 11) is 1.50. The molecule has 0 bridgehead atoms. The molecule has 72 heavy (non-hydrogen) atoms. The van der Waals surface area contributed by atoms with Crippen molar-refractivity contribution >= 4 is 19.8 Å². The highest BCUT2D eigenvalue weighted by Crippen LogP contribution is 2.43. The number of quaternary nitrogens is 1. The summed E-state index contributed by atoms with van der Waals surface area (Å²) in [5, 5.41) is 0. The van der Waals surface area contributed by atoms with Crippen LogP contribution in [0.4, 0.5) is 0 Å². The number of rotatable bonds is 60. The van der Waals surface area contributed by atoms with Gasteiger partial charge < -0.3 is 18.9 Å². The van der Waals surface area contributed by atoms with Gasteiger partial charge in [0.2, 0.25) is 0 Å².